The van der Waals surface area contributed by atoms with Crippen molar-refractivity contribution in [3.05, 3.63) is 11.3 Å². The highest BCUT2D eigenvalue weighted by atomic mass is 16.5. The Balaban J connectivity index is 1.86. The fourth-order valence-corrected chi connectivity index (χ4v) is 1.97. The van der Waals surface area contributed by atoms with E-state index in [1.54, 1.807) is 0 Å². The van der Waals surface area contributed by atoms with Gasteiger partial charge in [-0.3, -0.25) is 9.89 Å². The van der Waals surface area contributed by atoms with Crippen LogP contribution in [0.3, 0.4) is 0 Å². The minimum atomic E-state index is -0.0218. The molecule has 17 heavy (non-hydrogen) atoms. The smallest absolute Gasteiger partial charge is 0.228 e. The Kier molecular flexibility index (Phi) is 3.78. The Hall–Kier alpha value is -1.36. The van der Waals surface area contributed by atoms with E-state index in [9.17, 15) is 4.79 Å². The Labute approximate surface area is 101 Å². The van der Waals surface area contributed by atoms with Gasteiger partial charge in [-0.05, 0) is 33.1 Å². The molecule has 1 aliphatic heterocycles. The molecule has 1 saturated heterocycles. The lowest BCUT2D eigenvalue weighted by atomic mass is 10.1. The van der Waals surface area contributed by atoms with Gasteiger partial charge in [-0.15, -0.1) is 0 Å². The van der Waals surface area contributed by atoms with E-state index < -0.39 is 0 Å². The first-order valence-corrected chi connectivity index (χ1v) is 6.10. The number of carbonyl (C=O) groups is 1. The van der Waals surface area contributed by atoms with E-state index in [1.807, 2.05) is 13.8 Å². The van der Waals surface area contributed by atoms with Crippen LogP contribution in [-0.2, 0) is 9.53 Å². The summed E-state index contributed by atoms with van der Waals surface area (Å²) in [5.41, 5.74) is 1.97. The molecule has 1 fully saturated rings. The average Bonchev–Trinajstić information content (AvgIpc) is 2.62. The molecular weight excluding hydrogens is 218 g/mol. The molecule has 2 heterocycles. The molecule has 1 amide bonds. The summed E-state index contributed by atoms with van der Waals surface area (Å²) in [5.74, 6) is 0.606. The fraction of sp³-hybridized carbons (Fsp3) is 0.667. The van der Waals surface area contributed by atoms with Gasteiger partial charge in [-0.25, -0.2) is 0 Å². The van der Waals surface area contributed by atoms with E-state index in [0.29, 0.717) is 12.2 Å². The van der Waals surface area contributed by atoms with Gasteiger partial charge in [0, 0.05) is 17.9 Å². The molecule has 5 nitrogen and oxygen atoms in total. The van der Waals surface area contributed by atoms with E-state index in [2.05, 4.69) is 15.5 Å². The molecule has 2 N–H and O–H groups in total. The van der Waals surface area contributed by atoms with Gasteiger partial charge >= 0.3 is 0 Å². The Morgan fingerprint density at radius 2 is 2.35 bits per heavy atom. The molecule has 1 aromatic rings. The first-order valence-electron chi connectivity index (χ1n) is 6.10. The number of H-pyrrole nitrogens is 1. The number of amides is 1. The van der Waals surface area contributed by atoms with Gasteiger partial charge in [0.15, 0.2) is 5.82 Å². The lowest BCUT2D eigenvalue weighted by Gasteiger charge is -2.21. The number of rotatable bonds is 3. The number of carbonyl (C=O) groups excluding carboxylic acids is 1. The number of nitrogens with zero attached hydrogens (tertiary/aromatic N) is 1. The minimum absolute atomic E-state index is 0.0218. The fourth-order valence-electron chi connectivity index (χ4n) is 1.97. The Morgan fingerprint density at radius 1 is 1.53 bits per heavy atom. The minimum Gasteiger partial charge on any atom is -0.378 e. The summed E-state index contributed by atoms with van der Waals surface area (Å²) in [6.07, 6.45) is 3.73. The highest BCUT2D eigenvalue weighted by molar-refractivity contribution is 5.90. The highest BCUT2D eigenvalue weighted by Gasteiger charge is 2.18. The van der Waals surface area contributed by atoms with Gasteiger partial charge in [-0.2, -0.15) is 5.10 Å². The van der Waals surface area contributed by atoms with Crippen molar-refractivity contribution >= 4 is 11.7 Å². The number of hydrogen-bond acceptors (Lipinski definition) is 3. The van der Waals surface area contributed by atoms with Crippen LogP contribution in [0.1, 0.15) is 36.9 Å². The Bertz CT molecular complexity index is 394. The molecule has 1 aliphatic rings. The molecule has 5 heteroatoms. The maximum absolute atomic E-state index is 11.8. The summed E-state index contributed by atoms with van der Waals surface area (Å²) in [6.45, 7) is 4.65. The van der Waals surface area contributed by atoms with Crippen molar-refractivity contribution in [3.8, 4) is 0 Å². The summed E-state index contributed by atoms with van der Waals surface area (Å²) in [7, 11) is 0. The zero-order chi connectivity index (χ0) is 12.3. The topological polar surface area (TPSA) is 67.0 Å². The predicted molar refractivity (Wildman–Crippen MR) is 64.9 cm³/mol. The van der Waals surface area contributed by atoms with Gasteiger partial charge in [-0.1, -0.05) is 0 Å². The van der Waals surface area contributed by atoms with Crippen LogP contribution in [0, 0.1) is 13.8 Å². The molecule has 2 rings (SSSR count). The number of nitrogens with one attached hydrogen (secondary N) is 2. The maximum atomic E-state index is 11.8. The third-order valence-corrected chi connectivity index (χ3v) is 3.20. The number of anilines is 1. The maximum Gasteiger partial charge on any atom is 0.228 e. The van der Waals surface area contributed by atoms with Crippen LogP contribution in [0.5, 0.6) is 0 Å². The van der Waals surface area contributed by atoms with Gasteiger partial charge in [0.2, 0.25) is 5.91 Å². The van der Waals surface area contributed by atoms with E-state index in [4.69, 9.17) is 4.74 Å². The molecule has 0 aliphatic carbocycles. The van der Waals surface area contributed by atoms with Crippen molar-refractivity contribution in [1.82, 2.24) is 10.2 Å². The van der Waals surface area contributed by atoms with Crippen LogP contribution in [0.2, 0.25) is 0 Å². The number of aromatic amines is 1. The normalized spacial score (nSPS) is 20.2. The molecule has 0 aromatic carbocycles. The summed E-state index contributed by atoms with van der Waals surface area (Å²) >= 11 is 0. The lowest BCUT2D eigenvalue weighted by molar-refractivity contribution is -0.119. The molecule has 0 radical (unpaired) electrons. The van der Waals surface area contributed by atoms with Crippen LogP contribution in [0.15, 0.2) is 0 Å². The van der Waals surface area contributed by atoms with Crippen molar-refractivity contribution in [2.75, 3.05) is 11.9 Å². The number of hydrogen-bond donors (Lipinski definition) is 2. The monoisotopic (exact) mass is 237 g/mol. The summed E-state index contributed by atoms with van der Waals surface area (Å²) in [5, 5.41) is 9.72. The quantitative estimate of drug-likeness (QED) is 0.844. The first kappa shape index (κ1) is 12.1. The summed E-state index contributed by atoms with van der Waals surface area (Å²) < 4.78 is 5.53. The zero-order valence-electron chi connectivity index (χ0n) is 10.4. The molecular formula is C12H19N3O2. The van der Waals surface area contributed by atoms with Gasteiger partial charge in [0.25, 0.3) is 0 Å². The molecule has 0 saturated carbocycles. The van der Waals surface area contributed by atoms with Gasteiger partial charge in [0.1, 0.15) is 0 Å². The molecule has 1 aromatic heterocycles. The van der Waals surface area contributed by atoms with Crippen molar-refractivity contribution < 1.29 is 9.53 Å². The highest BCUT2D eigenvalue weighted by Crippen LogP contribution is 2.18. The SMILES string of the molecule is Cc1[nH]nc(NC(=O)CC2CCCCO2)c1C. The van der Waals surface area contributed by atoms with Crippen molar-refractivity contribution in [3.63, 3.8) is 0 Å². The van der Waals surface area contributed by atoms with E-state index in [1.165, 1.54) is 0 Å². The predicted octanol–water partition coefficient (Wildman–Crippen LogP) is 1.92. The van der Waals surface area contributed by atoms with E-state index in [-0.39, 0.29) is 12.0 Å². The van der Waals surface area contributed by atoms with E-state index >= 15 is 0 Å². The number of ether oxygens (including phenoxy) is 1. The second-order valence-corrected chi connectivity index (χ2v) is 4.56. The summed E-state index contributed by atoms with van der Waals surface area (Å²) in [4.78, 5) is 11.8. The molecule has 1 atom stereocenters. The zero-order valence-corrected chi connectivity index (χ0v) is 10.4. The van der Waals surface area contributed by atoms with Crippen LogP contribution >= 0.6 is 0 Å². The Morgan fingerprint density at radius 3 is 2.94 bits per heavy atom. The largest absolute Gasteiger partial charge is 0.378 e. The van der Waals surface area contributed by atoms with Gasteiger partial charge in [0.05, 0.1) is 12.5 Å². The molecule has 0 bridgehead atoms. The number of aromatic nitrogens is 2. The second kappa shape index (κ2) is 5.31. The van der Waals surface area contributed by atoms with Crippen molar-refractivity contribution in [2.24, 2.45) is 0 Å². The van der Waals surface area contributed by atoms with Crippen LogP contribution in [-0.4, -0.2) is 28.8 Å². The molecule has 1 unspecified atom stereocenters. The van der Waals surface area contributed by atoms with Crippen LogP contribution in [0.25, 0.3) is 0 Å². The third kappa shape index (κ3) is 3.06. The van der Waals surface area contributed by atoms with Crippen LogP contribution < -0.4 is 5.32 Å². The van der Waals surface area contributed by atoms with Crippen molar-refractivity contribution in [2.45, 2.75) is 45.6 Å². The summed E-state index contributed by atoms with van der Waals surface area (Å²) in [6, 6.07) is 0. The standard InChI is InChI=1S/C12H19N3O2/c1-8-9(2)14-15-12(8)13-11(16)7-10-5-3-4-6-17-10/h10H,3-7H2,1-2H3,(H2,13,14,15,16). The number of aryl methyl sites for hydroxylation is 1. The average molecular weight is 237 g/mol. The van der Waals surface area contributed by atoms with E-state index in [0.717, 1.165) is 37.1 Å². The van der Waals surface area contributed by atoms with Crippen LogP contribution in [0.4, 0.5) is 5.82 Å². The second-order valence-electron chi connectivity index (χ2n) is 4.56. The van der Waals surface area contributed by atoms with Gasteiger partial charge < -0.3 is 10.1 Å². The lowest BCUT2D eigenvalue weighted by Crippen LogP contribution is -2.25. The van der Waals surface area contributed by atoms with Crippen molar-refractivity contribution in [1.29, 1.82) is 0 Å². The third-order valence-electron chi connectivity index (χ3n) is 3.20. The first-order chi connectivity index (χ1) is 8.16. The molecule has 0 spiro atoms. The molecule has 94 valence electrons.